The van der Waals surface area contributed by atoms with E-state index in [2.05, 4.69) is 4.98 Å². The van der Waals surface area contributed by atoms with E-state index in [9.17, 15) is 10.1 Å². The van der Waals surface area contributed by atoms with Crippen LogP contribution in [0, 0.1) is 17.0 Å². The van der Waals surface area contributed by atoms with Crippen molar-refractivity contribution in [3.63, 3.8) is 0 Å². The maximum Gasteiger partial charge on any atom is 0.270 e. The number of aromatic nitrogens is 3. The molecule has 0 saturated heterocycles. The summed E-state index contributed by atoms with van der Waals surface area (Å²) in [6, 6.07) is 22.5. The summed E-state index contributed by atoms with van der Waals surface area (Å²) in [7, 11) is 0. The zero-order valence-electron chi connectivity index (χ0n) is 19.6. The Morgan fingerprint density at radius 2 is 1.86 bits per heavy atom. The quantitative estimate of drug-likeness (QED) is 0.162. The molecule has 0 radical (unpaired) electrons. The third kappa shape index (κ3) is 4.77. The molecule has 0 saturated carbocycles. The minimum absolute atomic E-state index is 0.0263. The lowest BCUT2D eigenvalue weighted by Crippen LogP contribution is -2.14. The predicted octanol–water partition coefficient (Wildman–Crippen LogP) is 6.12. The number of nitrogens with zero attached hydrogens (tertiary/aromatic N) is 6. The van der Waals surface area contributed by atoms with Crippen molar-refractivity contribution in [2.24, 2.45) is 10.1 Å². The van der Waals surface area contributed by atoms with Crippen LogP contribution in [0.2, 0.25) is 0 Å². The largest absolute Gasteiger partial charge is 0.306 e. The number of rotatable bonds is 6. The van der Waals surface area contributed by atoms with E-state index in [1.165, 1.54) is 17.4 Å². The summed E-state index contributed by atoms with van der Waals surface area (Å²) >= 11 is 1.44. The van der Waals surface area contributed by atoms with Crippen molar-refractivity contribution in [2.75, 3.05) is 0 Å². The highest BCUT2D eigenvalue weighted by atomic mass is 32.1. The van der Waals surface area contributed by atoms with Gasteiger partial charge in [0.1, 0.15) is 0 Å². The lowest BCUT2D eigenvalue weighted by Gasteiger charge is -2.08. The first-order valence-electron chi connectivity index (χ1n) is 11.2. The minimum Gasteiger partial charge on any atom is -0.306 e. The molecule has 0 unspecified atom stereocenters. The lowest BCUT2D eigenvalue weighted by atomic mass is 10.1. The fraction of sp³-hybridized carbons (Fsp3) is 0.0741. The second kappa shape index (κ2) is 9.93. The van der Waals surface area contributed by atoms with Gasteiger partial charge in [0.2, 0.25) is 4.80 Å². The van der Waals surface area contributed by atoms with Crippen molar-refractivity contribution < 1.29 is 4.92 Å². The van der Waals surface area contributed by atoms with Crippen LogP contribution in [0.1, 0.15) is 18.1 Å². The van der Waals surface area contributed by atoms with E-state index in [1.807, 2.05) is 84.6 Å². The molecule has 0 amide bonds. The number of thiazole rings is 1. The molecule has 5 rings (SSSR count). The van der Waals surface area contributed by atoms with Gasteiger partial charge in [-0.2, -0.15) is 5.10 Å². The summed E-state index contributed by atoms with van der Waals surface area (Å²) in [5, 5.41) is 18.2. The summed E-state index contributed by atoms with van der Waals surface area (Å²) in [5.74, 6) is 0. The van der Waals surface area contributed by atoms with E-state index in [0.29, 0.717) is 10.4 Å². The highest BCUT2D eigenvalue weighted by Crippen LogP contribution is 2.25. The van der Waals surface area contributed by atoms with Crippen LogP contribution in [-0.4, -0.2) is 24.9 Å². The van der Waals surface area contributed by atoms with Crippen LogP contribution in [0.3, 0.4) is 0 Å². The Balaban J connectivity index is 1.63. The fourth-order valence-corrected chi connectivity index (χ4v) is 4.58. The number of para-hydroxylation sites is 1. The van der Waals surface area contributed by atoms with Crippen LogP contribution in [0.15, 0.2) is 107 Å². The molecule has 0 bridgehead atoms. The smallest absolute Gasteiger partial charge is 0.270 e. The van der Waals surface area contributed by atoms with E-state index in [4.69, 9.17) is 10.1 Å². The summed E-state index contributed by atoms with van der Waals surface area (Å²) < 4.78 is 3.69. The summed E-state index contributed by atoms with van der Waals surface area (Å²) in [5.41, 5.74) is 6.07. The number of hydrogen-bond acceptors (Lipinski definition) is 6. The van der Waals surface area contributed by atoms with E-state index in [1.54, 1.807) is 29.3 Å². The molecule has 178 valence electrons. The van der Waals surface area contributed by atoms with Crippen LogP contribution >= 0.6 is 11.3 Å². The predicted molar refractivity (Wildman–Crippen MR) is 142 cm³/mol. The molecule has 3 aromatic carbocycles. The normalized spacial score (nSPS) is 12.2. The third-order valence-electron chi connectivity index (χ3n) is 5.71. The van der Waals surface area contributed by atoms with Gasteiger partial charge in [-0.15, -0.1) is 11.3 Å². The molecule has 0 aliphatic carbocycles. The molecule has 0 spiro atoms. The Morgan fingerprint density at radius 1 is 1.06 bits per heavy atom. The molecule has 2 aromatic heterocycles. The van der Waals surface area contributed by atoms with Crippen LogP contribution in [0.5, 0.6) is 0 Å². The highest BCUT2D eigenvalue weighted by molar-refractivity contribution is 7.07. The molecule has 0 N–H and O–H groups in total. The van der Waals surface area contributed by atoms with Gasteiger partial charge in [-0.05, 0) is 43.2 Å². The van der Waals surface area contributed by atoms with Gasteiger partial charge in [0.05, 0.1) is 28.3 Å². The van der Waals surface area contributed by atoms with E-state index in [-0.39, 0.29) is 5.69 Å². The number of imidazole rings is 1. The number of nitro benzene ring substituents is 1. The van der Waals surface area contributed by atoms with E-state index in [0.717, 1.165) is 33.9 Å². The first-order chi connectivity index (χ1) is 17.5. The molecule has 36 heavy (non-hydrogen) atoms. The minimum atomic E-state index is -0.394. The van der Waals surface area contributed by atoms with Crippen LogP contribution < -0.4 is 4.80 Å². The molecular weight excluding hydrogens is 472 g/mol. The van der Waals surface area contributed by atoms with E-state index < -0.39 is 4.92 Å². The van der Waals surface area contributed by atoms with Gasteiger partial charge in [-0.1, -0.05) is 42.5 Å². The average Bonchev–Trinajstić information content (AvgIpc) is 3.57. The van der Waals surface area contributed by atoms with Gasteiger partial charge < -0.3 is 4.57 Å². The molecule has 0 fully saturated rings. The average molecular weight is 495 g/mol. The van der Waals surface area contributed by atoms with Gasteiger partial charge in [-0.25, -0.2) is 14.7 Å². The Kier molecular flexibility index (Phi) is 6.38. The van der Waals surface area contributed by atoms with Crippen LogP contribution in [0.25, 0.3) is 16.9 Å². The van der Waals surface area contributed by atoms with Crippen molar-refractivity contribution in [3.8, 4) is 16.9 Å². The molecule has 0 aliphatic rings. The van der Waals surface area contributed by atoms with Gasteiger partial charge in [0.25, 0.3) is 5.69 Å². The van der Waals surface area contributed by atoms with Crippen LogP contribution in [0.4, 0.5) is 11.4 Å². The third-order valence-corrected chi connectivity index (χ3v) is 6.52. The topological polar surface area (TPSA) is 90.6 Å². The lowest BCUT2D eigenvalue weighted by molar-refractivity contribution is -0.384. The standard InChI is InChI=1S/C27H22N6O2S/c1-19-6-3-4-9-25(19)29-27-32(26(17-36-27)22-7-5-8-24(16-22)33(34)35)30-20(2)21-10-12-23(13-11-21)31-15-14-28-18-31/h3-18H,1-2H3. The molecule has 0 atom stereocenters. The zero-order valence-corrected chi connectivity index (χ0v) is 20.5. The first kappa shape index (κ1) is 23.1. The highest BCUT2D eigenvalue weighted by Gasteiger charge is 2.13. The SMILES string of the molecule is CC(=Nn1c(-c2cccc([N+](=O)[O-])c2)csc1=Nc1ccccc1C)c1ccc(-n2ccnc2)cc1. The van der Waals surface area contributed by atoms with Gasteiger partial charge in [0.15, 0.2) is 0 Å². The fourth-order valence-electron chi connectivity index (χ4n) is 3.74. The molecular formula is C27H22N6O2S. The monoisotopic (exact) mass is 494 g/mol. The number of non-ortho nitro benzene ring substituents is 1. The second-order valence-electron chi connectivity index (χ2n) is 8.12. The van der Waals surface area contributed by atoms with Crippen molar-refractivity contribution >= 4 is 28.4 Å². The molecule has 5 aromatic rings. The van der Waals surface area contributed by atoms with Crippen molar-refractivity contribution in [1.29, 1.82) is 0 Å². The first-order valence-corrected chi connectivity index (χ1v) is 12.1. The number of nitro groups is 1. The summed E-state index contributed by atoms with van der Waals surface area (Å²) in [4.78, 5) is 20.6. The van der Waals surface area contributed by atoms with Gasteiger partial charge in [-0.3, -0.25) is 10.1 Å². The number of hydrogen-bond donors (Lipinski definition) is 0. The Bertz CT molecular complexity index is 1630. The second-order valence-corrected chi connectivity index (χ2v) is 8.96. The van der Waals surface area contributed by atoms with Gasteiger partial charge >= 0.3 is 0 Å². The maximum atomic E-state index is 11.4. The Labute approximate surface area is 211 Å². The molecule has 2 heterocycles. The Hall–Kier alpha value is -4.63. The summed E-state index contributed by atoms with van der Waals surface area (Å²) in [6.07, 6.45) is 5.38. The molecule has 9 heteroatoms. The van der Waals surface area contributed by atoms with Gasteiger partial charge in [0, 0.05) is 41.2 Å². The molecule has 0 aliphatic heterocycles. The number of aryl methyl sites for hydroxylation is 1. The Morgan fingerprint density at radius 3 is 2.58 bits per heavy atom. The van der Waals surface area contributed by atoms with Crippen molar-refractivity contribution in [3.05, 3.63) is 123 Å². The van der Waals surface area contributed by atoms with Crippen molar-refractivity contribution in [2.45, 2.75) is 13.8 Å². The van der Waals surface area contributed by atoms with Crippen molar-refractivity contribution in [1.82, 2.24) is 14.2 Å². The maximum absolute atomic E-state index is 11.4. The zero-order chi connectivity index (χ0) is 25.1. The molecule has 8 nitrogen and oxygen atoms in total. The van der Waals surface area contributed by atoms with E-state index >= 15 is 0 Å². The van der Waals surface area contributed by atoms with Crippen LogP contribution in [-0.2, 0) is 0 Å². The summed E-state index contributed by atoms with van der Waals surface area (Å²) in [6.45, 7) is 3.94. The number of benzene rings is 3.